The second-order valence-electron chi connectivity index (χ2n) is 7.24. The summed E-state index contributed by atoms with van der Waals surface area (Å²) in [5.41, 5.74) is -1.67. The molecule has 1 aromatic carbocycles. The summed E-state index contributed by atoms with van der Waals surface area (Å²) in [7, 11) is 1.40. The second kappa shape index (κ2) is 10.8. The van der Waals surface area contributed by atoms with E-state index in [4.69, 9.17) is 9.84 Å². The van der Waals surface area contributed by atoms with Crippen molar-refractivity contribution in [3.8, 4) is 17.4 Å². The molecule has 0 spiro atoms. The molecule has 3 aromatic rings. The van der Waals surface area contributed by atoms with Crippen LogP contribution in [0.4, 0.5) is 0 Å². The molecule has 2 heterocycles. The van der Waals surface area contributed by atoms with Gasteiger partial charge in [-0.2, -0.15) is 0 Å². The molecule has 0 saturated carbocycles. The Hall–Kier alpha value is -4.87. The van der Waals surface area contributed by atoms with E-state index in [9.17, 15) is 29.4 Å². The van der Waals surface area contributed by atoms with Gasteiger partial charge in [-0.15, -0.1) is 0 Å². The number of carboxylic acid groups (broad SMARTS) is 1. The number of carboxylic acids is 1. The number of nitrogens with zero attached hydrogens (tertiary/aromatic N) is 2. The van der Waals surface area contributed by atoms with E-state index in [-0.39, 0.29) is 13.1 Å². The van der Waals surface area contributed by atoms with Crippen molar-refractivity contribution in [2.75, 3.05) is 13.7 Å². The molecule has 0 saturated heterocycles. The maximum Gasteiger partial charge on any atom is 0.322 e. The first-order valence-electron chi connectivity index (χ1n) is 10.2. The van der Waals surface area contributed by atoms with Gasteiger partial charge in [-0.25, -0.2) is 0 Å². The van der Waals surface area contributed by atoms with Crippen molar-refractivity contribution in [3.05, 3.63) is 81.4 Å². The molecule has 0 unspecified atom stereocenters. The third-order valence-electron chi connectivity index (χ3n) is 4.99. The zero-order valence-corrected chi connectivity index (χ0v) is 18.5. The maximum absolute atomic E-state index is 13.1. The van der Waals surface area contributed by atoms with E-state index >= 15 is 0 Å². The van der Waals surface area contributed by atoms with Crippen LogP contribution in [0.25, 0.3) is 0 Å². The number of para-hydroxylation sites is 1. The molecule has 2 amide bonds. The minimum Gasteiger partial charge on any atom is -0.506 e. The fourth-order valence-corrected chi connectivity index (χ4v) is 3.28. The third-order valence-corrected chi connectivity index (χ3v) is 4.99. The SMILES string of the molecule is COc1ccccc1Cn1c(O)c(C(=O)NCc2ccncc2)c(O)c(C(=O)NCC(=O)O)c1=O. The predicted molar refractivity (Wildman–Crippen MR) is 122 cm³/mol. The van der Waals surface area contributed by atoms with Gasteiger partial charge in [-0.3, -0.25) is 28.7 Å². The fraction of sp³-hybridized carbons (Fsp3) is 0.174. The number of hydrogen-bond donors (Lipinski definition) is 5. The number of carbonyl (C=O) groups is 3. The topological polar surface area (TPSA) is 180 Å². The lowest BCUT2D eigenvalue weighted by molar-refractivity contribution is -0.135. The molecule has 0 bridgehead atoms. The number of benzene rings is 1. The van der Waals surface area contributed by atoms with Crippen LogP contribution in [0.5, 0.6) is 17.4 Å². The summed E-state index contributed by atoms with van der Waals surface area (Å²) in [5, 5.41) is 34.8. The Morgan fingerprint density at radius 3 is 2.31 bits per heavy atom. The van der Waals surface area contributed by atoms with E-state index < -0.39 is 52.6 Å². The Kier molecular flexibility index (Phi) is 7.66. The Balaban J connectivity index is 2.10. The fourth-order valence-electron chi connectivity index (χ4n) is 3.28. The largest absolute Gasteiger partial charge is 0.506 e. The third kappa shape index (κ3) is 5.55. The van der Waals surface area contributed by atoms with Gasteiger partial charge < -0.3 is 30.7 Å². The first-order valence-corrected chi connectivity index (χ1v) is 10.2. The number of rotatable bonds is 9. The van der Waals surface area contributed by atoms with E-state index in [1.807, 2.05) is 5.32 Å². The number of pyridine rings is 2. The van der Waals surface area contributed by atoms with E-state index in [1.54, 1.807) is 36.4 Å². The van der Waals surface area contributed by atoms with Crippen LogP contribution in [0.3, 0.4) is 0 Å². The van der Waals surface area contributed by atoms with E-state index in [0.717, 1.165) is 0 Å². The van der Waals surface area contributed by atoms with E-state index in [1.165, 1.54) is 19.5 Å². The predicted octanol–water partition coefficient (Wildman–Crippen LogP) is 0.456. The summed E-state index contributed by atoms with van der Waals surface area (Å²) in [6.45, 7) is -1.17. The lowest BCUT2D eigenvalue weighted by Crippen LogP contribution is -2.37. The Labute approximate surface area is 198 Å². The molecule has 0 atom stereocenters. The lowest BCUT2D eigenvalue weighted by atomic mass is 10.1. The summed E-state index contributed by atoms with van der Waals surface area (Å²) in [5.74, 6) is -5.20. The number of ether oxygens (including phenoxy) is 1. The van der Waals surface area contributed by atoms with Crippen molar-refractivity contribution < 1.29 is 34.4 Å². The van der Waals surface area contributed by atoms with Gasteiger partial charge in [0.25, 0.3) is 17.4 Å². The average molecular weight is 482 g/mol. The Morgan fingerprint density at radius 1 is 1.00 bits per heavy atom. The number of aromatic hydroxyl groups is 2. The highest BCUT2D eigenvalue weighted by Gasteiger charge is 2.30. The smallest absolute Gasteiger partial charge is 0.322 e. The van der Waals surface area contributed by atoms with Crippen LogP contribution in [0.2, 0.25) is 0 Å². The summed E-state index contributed by atoms with van der Waals surface area (Å²) >= 11 is 0. The molecule has 0 radical (unpaired) electrons. The van der Waals surface area contributed by atoms with Gasteiger partial charge >= 0.3 is 5.97 Å². The number of aliphatic carboxylic acids is 1. The molecule has 182 valence electrons. The standard InChI is InChI=1S/C23H22N4O8/c1-35-15-5-3-2-4-14(15)12-27-22(33)17(20(31)25-10-13-6-8-24-9-7-13)19(30)18(23(27)34)21(32)26-11-16(28)29/h2-9,30,33H,10-12H2,1H3,(H,25,31)(H,26,32)(H,28,29). The van der Waals surface area contributed by atoms with Crippen LogP contribution in [0, 0.1) is 0 Å². The Morgan fingerprint density at radius 2 is 1.66 bits per heavy atom. The van der Waals surface area contributed by atoms with Crippen molar-refractivity contribution in [2.24, 2.45) is 0 Å². The highest BCUT2D eigenvalue weighted by Crippen LogP contribution is 2.30. The minimum absolute atomic E-state index is 0.00753. The second-order valence-corrected chi connectivity index (χ2v) is 7.24. The van der Waals surface area contributed by atoms with Gasteiger partial charge in [0, 0.05) is 24.5 Å². The van der Waals surface area contributed by atoms with Gasteiger partial charge in [0.2, 0.25) is 5.88 Å². The number of hydrogen-bond acceptors (Lipinski definition) is 8. The van der Waals surface area contributed by atoms with Crippen molar-refractivity contribution in [1.29, 1.82) is 0 Å². The van der Waals surface area contributed by atoms with Crippen LogP contribution in [-0.2, 0) is 17.9 Å². The summed E-state index contributed by atoms with van der Waals surface area (Å²) < 4.78 is 5.97. The summed E-state index contributed by atoms with van der Waals surface area (Å²) in [4.78, 5) is 53.3. The quantitative estimate of drug-likeness (QED) is 0.289. The zero-order valence-electron chi connectivity index (χ0n) is 18.5. The van der Waals surface area contributed by atoms with Crippen molar-refractivity contribution in [2.45, 2.75) is 13.1 Å². The summed E-state index contributed by atoms with van der Waals surface area (Å²) in [6.07, 6.45) is 3.02. The van der Waals surface area contributed by atoms with Gasteiger partial charge in [0.05, 0.1) is 13.7 Å². The molecule has 0 fully saturated rings. The number of nitrogens with one attached hydrogen (secondary N) is 2. The van der Waals surface area contributed by atoms with Crippen LogP contribution in [0.15, 0.2) is 53.6 Å². The maximum atomic E-state index is 13.1. The highest BCUT2D eigenvalue weighted by atomic mass is 16.5. The molecular weight excluding hydrogens is 460 g/mol. The first-order chi connectivity index (χ1) is 16.7. The molecule has 5 N–H and O–H groups in total. The minimum atomic E-state index is -1.39. The monoisotopic (exact) mass is 482 g/mol. The highest BCUT2D eigenvalue weighted by molar-refractivity contribution is 6.05. The molecule has 0 aliphatic carbocycles. The number of carbonyl (C=O) groups excluding carboxylic acids is 2. The van der Waals surface area contributed by atoms with Gasteiger partial charge in [0.1, 0.15) is 23.4 Å². The van der Waals surface area contributed by atoms with Crippen LogP contribution in [0.1, 0.15) is 31.8 Å². The molecule has 0 aliphatic heterocycles. The first kappa shape index (κ1) is 24.8. The number of methoxy groups -OCH3 is 1. The average Bonchev–Trinajstić information content (AvgIpc) is 2.85. The van der Waals surface area contributed by atoms with Crippen LogP contribution < -0.4 is 20.9 Å². The van der Waals surface area contributed by atoms with Crippen LogP contribution in [-0.4, -0.2) is 56.3 Å². The zero-order chi connectivity index (χ0) is 25.5. The Bertz CT molecular complexity index is 1320. The molecule has 2 aromatic heterocycles. The molecular formula is C23H22N4O8. The van der Waals surface area contributed by atoms with E-state index in [2.05, 4.69) is 10.3 Å². The van der Waals surface area contributed by atoms with Crippen molar-refractivity contribution >= 4 is 17.8 Å². The molecule has 0 aliphatic rings. The lowest BCUT2D eigenvalue weighted by Gasteiger charge is -2.18. The van der Waals surface area contributed by atoms with Crippen molar-refractivity contribution in [3.63, 3.8) is 0 Å². The number of amides is 2. The molecule has 12 nitrogen and oxygen atoms in total. The van der Waals surface area contributed by atoms with Crippen LogP contribution >= 0.6 is 0 Å². The molecule has 12 heteroatoms. The normalized spacial score (nSPS) is 10.4. The van der Waals surface area contributed by atoms with Gasteiger partial charge in [-0.05, 0) is 23.8 Å². The van der Waals surface area contributed by atoms with Gasteiger partial charge in [0.15, 0.2) is 5.75 Å². The van der Waals surface area contributed by atoms with Gasteiger partial charge in [-0.1, -0.05) is 18.2 Å². The molecule has 3 rings (SSSR count). The number of aromatic nitrogens is 2. The summed E-state index contributed by atoms with van der Waals surface area (Å²) in [6, 6.07) is 9.82. The van der Waals surface area contributed by atoms with E-state index in [0.29, 0.717) is 21.4 Å². The van der Waals surface area contributed by atoms with Crippen molar-refractivity contribution in [1.82, 2.24) is 20.2 Å². The molecule has 35 heavy (non-hydrogen) atoms.